The van der Waals surface area contributed by atoms with Gasteiger partial charge in [-0.3, -0.25) is 4.79 Å². The zero-order valence-electron chi connectivity index (χ0n) is 11.7. The van der Waals surface area contributed by atoms with Crippen molar-refractivity contribution in [2.45, 2.75) is 46.6 Å². The lowest BCUT2D eigenvalue weighted by Crippen LogP contribution is -2.17. The van der Waals surface area contributed by atoms with Gasteiger partial charge < -0.3 is 9.84 Å². The molecular weight excluding hydrogens is 228 g/mol. The van der Waals surface area contributed by atoms with Crippen LogP contribution in [-0.4, -0.2) is 17.2 Å². The second kappa shape index (κ2) is 5.89. The fourth-order valence-corrected chi connectivity index (χ4v) is 2.06. The number of rotatable bonds is 5. The molecule has 3 heteroatoms. The molecule has 0 heterocycles. The van der Waals surface area contributed by atoms with Crippen LogP contribution in [0, 0.1) is 12.8 Å². The molecule has 1 atom stereocenters. The maximum Gasteiger partial charge on any atom is 0.311 e. The lowest BCUT2D eigenvalue weighted by Gasteiger charge is -2.19. The summed E-state index contributed by atoms with van der Waals surface area (Å²) in [6.07, 6.45) is 0.120. The lowest BCUT2D eigenvalue weighted by molar-refractivity contribution is -0.139. The fourth-order valence-electron chi connectivity index (χ4n) is 2.06. The second-order valence-electron chi connectivity index (χ2n) is 5.25. The lowest BCUT2D eigenvalue weighted by atomic mass is 9.88. The van der Waals surface area contributed by atoms with Crippen LogP contribution in [0.25, 0.3) is 0 Å². The van der Waals surface area contributed by atoms with Crippen LogP contribution in [0.1, 0.15) is 44.7 Å². The van der Waals surface area contributed by atoms with Crippen LogP contribution in [0.4, 0.5) is 0 Å². The van der Waals surface area contributed by atoms with Crippen molar-refractivity contribution in [3.05, 3.63) is 29.3 Å². The number of hydrogen-bond acceptors (Lipinski definition) is 2. The third-order valence-corrected chi connectivity index (χ3v) is 2.85. The van der Waals surface area contributed by atoms with E-state index in [1.165, 1.54) is 0 Å². The smallest absolute Gasteiger partial charge is 0.311 e. The molecule has 1 aromatic carbocycles. The molecule has 1 unspecified atom stereocenters. The number of carboxylic acid groups (broad SMARTS) is 1. The van der Waals surface area contributed by atoms with Crippen LogP contribution in [-0.2, 0) is 4.79 Å². The minimum absolute atomic E-state index is 0.0683. The molecule has 0 spiro atoms. The molecule has 0 aromatic heterocycles. The highest BCUT2D eigenvalue weighted by atomic mass is 16.5. The first-order chi connectivity index (χ1) is 8.32. The molecule has 0 aliphatic carbocycles. The first kappa shape index (κ1) is 14.6. The summed E-state index contributed by atoms with van der Waals surface area (Å²) >= 11 is 0. The standard InChI is InChI=1S/C15H22O3/c1-9(2)14(15(16)17)12-6-7-13(11(5)8-12)18-10(3)4/h6-10,14H,1-5H3,(H,16,17). The highest BCUT2D eigenvalue weighted by Gasteiger charge is 2.24. The average molecular weight is 250 g/mol. The largest absolute Gasteiger partial charge is 0.491 e. The zero-order chi connectivity index (χ0) is 13.9. The zero-order valence-corrected chi connectivity index (χ0v) is 11.7. The molecule has 1 rings (SSSR count). The molecular formula is C15H22O3. The molecule has 18 heavy (non-hydrogen) atoms. The second-order valence-corrected chi connectivity index (χ2v) is 5.25. The van der Waals surface area contributed by atoms with Crippen LogP contribution in [0.15, 0.2) is 18.2 Å². The Bertz CT molecular complexity index is 422. The Morgan fingerprint density at radius 3 is 2.22 bits per heavy atom. The normalized spacial score (nSPS) is 12.8. The van der Waals surface area contributed by atoms with Gasteiger partial charge in [-0.2, -0.15) is 0 Å². The Morgan fingerprint density at radius 1 is 1.22 bits per heavy atom. The predicted octanol–water partition coefficient (Wildman–Crippen LogP) is 3.61. The molecule has 0 radical (unpaired) electrons. The van der Waals surface area contributed by atoms with Crippen molar-refractivity contribution in [1.29, 1.82) is 0 Å². The molecule has 0 amide bonds. The van der Waals surface area contributed by atoms with Crippen LogP contribution in [0.5, 0.6) is 5.75 Å². The van der Waals surface area contributed by atoms with Crippen molar-refractivity contribution in [2.75, 3.05) is 0 Å². The first-order valence-corrected chi connectivity index (χ1v) is 6.33. The number of aliphatic carboxylic acids is 1. The van der Waals surface area contributed by atoms with E-state index in [1.807, 2.05) is 52.8 Å². The van der Waals surface area contributed by atoms with Gasteiger partial charge in [0.2, 0.25) is 0 Å². The van der Waals surface area contributed by atoms with E-state index in [2.05, 4.69) is 0 Å². The van der Waals surface area contributed by atoms with E-state index in [0.717, 1.165) is 16.9 Å². The average Bonchev–Trinajstić information content (AvgIpc) is 2.20. The van der Waals surface area contributed by atoms with Crippen LogP contribution in [0.3, 0.4) is 0 Å². The van der Waals surface area contributed by atoms with Crippen LogP contribution in [0.2, 0.25) is 0 Å². The van der Waals surface area contributed by atoms with Gasteiger partial charge in [0.15, 0.2) is 0 Å². The van der Waals surface area contributed by atoms with Gasteiger partial charge in [-0.15, -0.1) is 0 Å². The molecule has 100 valence electrons. The summed E-state index contributed by atoms with van der Waals surface area (Å²) in [5.74, 6) is -0.348. The van der Waals surface area contributed by atoms with Gasteiger partial charge in [-0.25, -0.2) is 0 Å². The molecule has 1 aromatic rings. The molecule has 1 N–H and O–H groups in total. The first-order valence-electron chi connectivity index (χ1n) is 6.33. The van der Waals surface area contributed by atoms with Crippen LogP contribution < -0.4 is 4.74 Å². The van der Waals surface area contributed by atoms with Gasteiger partial charge >= 0.3 is 5.97 Å². The molecule has 0 fully saturated rings. The van der Waals surface area contributed by atoms with Gasteiger partial charge in [-0.05, 0) is 43.9 Å². The van der Waals surface area contributed by atoms with E-state index < -0.39 is 11.9 Å². The number of hydrogen-bond donors (Lipinski definition) is 1. The monoisotopic (exact) mass is 250 g/mol. The number of aryl methyl sites for hydroxylation is 1. The Labute approximate surface area is 109 Å². The Hall–Kier alpha value is -1.51. The van der Waals surface area contributed by atoms with E-state index >= 15 is 0 Å². The maximum absolute atomic E-state index is 11.3. The third-order valence-electron chi connectivity index (χ3n) is 2.85. The third kappa shape index (κ3) is 3.49. The summed E-state index contributed by atoms with van der Waals surface area (Å²) in [6, 6.07) is 5.63. The van der Waals surface area contributed by atoms with Crippen molar-refractivity contribution < 1.29 is 14.6 Å². The Morgan fingerprint density at radius 2 is 1.83 bits per heavy atom. The Kier molecular flexibility index (Phi) is 4.76. The number of benzene rings is 1. The molecule has 3 nitrogen and oxygen atoms in total. The van der Waals surface area contributed by atoms with Crippen molar-refractivity contribution in [2.24, 2.45) is 5.92 Å². The quantitative estimate of drug-likeness (QED) is 0.868. The number of carbonyl (C=O) groups is 1. The molecule has 0 aliphatic heterocycles. The van der Waals surface area contributed by atoms with E-state index in [9.17, 15) is 9.90 Å². The van der Waals surface area contributed by atoms with Gasteiger partial charge in [-0.1, -0.05) is 26.0 Å². The minimum atomic E-state index is -0.776. The van der Waals surface area contributed by atoms with Crippen molar-refractivity contribution >= 4 is 5.97 Å². The predicted molar refractivity (Wildman–Crippen MR) is 72.2 cm³/mol. The van der Waals surface area contributed by atoms with Gasteiger partial charge in [0, 0.05) is 0 Å². The van der Waals surface area contributed by atoms with Gasteiger partial charge in [0.05, 0.1) is 12.0 Å². The van der Waals surface area contributed by atoms with Crippen molar-refractivity contribution in [3.63, 3.8) is 0 Å². The highest BCUT2D eigenvalue weighted by molar-refractivity contribution is 5.76. The summed E-state index contributed by atoms with van der Waals surface area (Å²) in [6.45, 7) is 9.74. The van der Waals surface area contributed by atoms with E-state index in [-0.39, 0.29) is 12.0 Å². The van der Waals surface area contributed by atoms with Crippen molar-refractivity contribution in [1.82, 2.24) is 0 Å². The van der Waals surface area contributed by atoms with E-state index in [1.54, 1.807) is 0 Å². The highest BCUT2D eigenvalue weighted by Crippen LogP contribution is 2.29. The van der Waals surface area contributed by atoms with E-state index in [0.29, 0.717) is 0 Å². The number of carboxylic acids is 1. The molecule has 0 aliphatic rings. The van der Waals surface area contributed by atoms with Crippen LogP contribution >= 0.6 is 0 Å². The van der Waals surface area contributed by atoms with Gasteiger partial charge in [0.1, 0.15) is 5.75 Å². The Balaban J connectivity index is 3.05. The molecule has 0 saturated heterocycles. The molecule has 0 saturated carbocycles. The fraction of sp³-hybridized carbons (Fsp3) is 0.533. The van der Waals surface area contributed by atoms with Gasteiger partial charge in [0.25, 0.3) is 0 Å². The molecule has 0 bridgehead atoms. The summed E-state index contributed by atoms with van der Waals surface area (Å²) in [5.41, 5.74) is 1.82. The minimum Gasteiger partial charge on any atom is -0.491 e. The summed E-state index contributed by atoms with van der Waals surface area (Å²) in [4.78, 5) is 11.3. The van der Waals surface area contributed by atoms with E-state index in [4.69, 9.17) is 4.74 Å². The number of ether oxygens (including phenoxy) is 1. The summed E-state index contributed by atoms with van der Waals surface area (Å²) < 4.78 is 5.65. The maximum atomic E-state index is 11.3. The summed E-state index contributed by atoms with van der Waals surface area (Å²) in [7, 11) is 0. The van der Waals surface area contributed by atoms with Crippen molar-refractivity contribution in [3.8, 4) is 5.75 Å². The topological polar surface area (TPSA) is 46.5 Å². The summed E-state index contributed by atoms with van der Waals surface area (Å²) in [5, 5.41) is 9.27. The SMILES string of the molecule is Cc1cc(C(C(=O)O)C(C)C)ccc1OC(C)C.